The van der Waals surface area contributed by atoms with E-state index in [2.05, 4.69) is 17.6 Å². The third-order valence-corrected chi connectivity index (χ3v) is 5.21. The molecule has 134 valence electrons. The molecule has 1 heterocycles. The van der Waals surface area contributed by atoms with Gasteiger partial charge in [0.2, 0.25) is 0 Å². The quantitative estimate of drug-likeness (QED) is 0.796. The number of benzene rings is 1. The van der Waals surface area contributed by atoms with Crippen molar-refractivity contribution in [3.05, 3.63) is 46.1 Å². The Balaban J connectivity index is 1.87. The van der Waals surface area contributed by atoms with Gasteiger partial charge in [-0.15, -0.1) is 0 Å². The second-order valence-electron chi connectivity index (χ2n) is 6.89. The van der Waals surface area contributed by atoms with E-state index in [9.17, 15) is 9.59 Å². The van der Waals surface area contributed by atoms with Crippen molar-refractivity contribution in [3.63, 3.8) is 0 Å². The summed E-state index contributed by atoms with van der Waals surface area (Å²) in [5.41, 5.74) is 1.59. The number of carbonyl (C=O) groups excluding carboxylic acids is 2. The third-order valence-electron chi connectivity index (χ3n) is 4.87. The first-order valence-electron chi connectivity index (χ1n) is 8.69. The maximum absolute atomic E-state index is 12.9. The van der Waals surface area contributed by atoms with Crippen LogP contribution in [0.2, 0.25) is 5.02 Å². The zero-order valence-electron chi connectivity index (χ0n) is 14.5. The van der Waals surface area contributed by atoms with Crippen molar-refractivity contribution in [3.8, 4) is 0 Å². The Morgan fingerprint density at radius 2 is 2.04 bits per heavy atom. The van der Waals surface area contributed by atoms with E-state index in [1.54, 1.807) is 13.0 Å². The summed E-state index contributed by atoms with van der Waals surface area (Å²) in [6, 6.07) is 6.22. The molecule has 1 aromatic rings. The van der Waals surface area contributed by atoms with Crippen LogP contribution in [0.1, 0.15) is 51.1 Å². The first kappa shape index (κ1) is 17.8. The summed E-state index contributed by atoms with van der Waals surface area (Å²) in [6.07, 6.45) is 3.95. The van der Waals surface area contributed by atoms with Gasteiger partial charge in [-0.2, -0.15) is 0 Å². The predicted molar refractivity (Wildman–Crippen MR) is 96.1 cm³/mol. The number of amides is 2. The van der Waals surface area contributed by atoms with Gasteiger partial charge in [-0.05, 0) is 43.7 Å². The van der Waals surface area contributed by atoms with Crippen molar-refractivity contribution in [2.24, 2.45) is 5.92 Å². The van der Waals surface area contributed by atoms with Crippen LogP contribution in [0.5, 0.6) is 0 Å². The van der Waals surface area contributed by atoms with Crippen molar-refractivity contribution < 1.29 is 14.3 Å². The summed E-state index contributed by atoms with van der Waals surface area (Å²) in [5, 5.41) is 5.95. The van der Waals surface area contributed by atoms with Gasteiger partial charge in [-0.1, -0.05) is 43.1 Å². The normalized spacial score (nSPS) is 26.7. The van der Waals surface area contributed by atoms with Gasteiger partial charge in [0.15, 0.2) is 0 Å². The van der Waals surface area contributed by atoms with E-state index in [0.717, 1.165) is 19.3 Å². The number of ether oxygens (including phenoxy) is 1. The van der Waals surface area contributed by atoms with Crippen LogP contribution in [-0.2, 0) is 9.53 Å². The molecule has 5 nitrogen and oxygen atoms in total. The van der Waals surface area contributed by atoms with Crippen molar-refractivity contribution in [2.75, 3.05) is 0 Å². The number of esters is 1. The molecular weight excluding hydrogens is 340 g/mol. The maximum Gasteiger partial charge on any atom is 0.338 e. The van der Waals surface area contributed by atoms with Gasteiger partial charge in [-0.25, -0.2) is 9.59 Å². The minimum atomic E-state index is -0.615. The van der Waals surface area contributed by atoms with E-state index >= 15 is 0 Å². The average Bonchev–Trinajstić information content (AvgIpc) is 2.54. The van der Waals surface area contributed by atoms with E-state index in [1.807, 2.05) is 18.2 Å². The Labute approximate surface area is 152 Å². The number of allylic oxidation sites excluding steroid dienone is 1. The van der Waals surface area contributed by atoms with Crippen LogP contribution in [0, 0.1) is 5.92 Å². The standard InChI is InChI=1S/C19H23ClN2O3/c1-11-6-5-7-13(10-11)25-18(23)16-12(2)21-19(24)22-17(16)14-8-3-4-9-15(14)20/h3-4,8-9,11,13,17H,5-7,10H2,1-2H3,(H2,21,22,24)/t11-,13+,17+/m0/s1. The fourth-order valence-electron chi connectivity index (χ4n) is 3.61. The molecular formula is C19H23ClN2O3. The van der Waals surface area contributed by atoms with Crippen LogP contribution in [0.3, 0.4) is 0 Å². The van der Waals surface area contributed by atoms with E-state index in [1.165, 1.54) is 6.42 Å². The molecule has 0 radical (unpaired) electrons. The highest BCUT2D eigenvalue weighted by atomic mass is 35.5. The Kier molecular flexibility index (Phi) is 5.33. The van der Waals surface area contributed by atoms with Gasteiger partial charge in [0.05, 0.1) is 11.6 Å². The number of urea groups is 1. The van der Waals surface area contributed by atoms with Crippen molar-refractivity contribution in [2.45, 2.75) is 51.7 Å². The molecule has 0 saturated heterocycles. The minimum Gasteiger partial charge on any atom is -0.459 e. The van der Waals surface area contributed by atoms with Crippen molar-refractivity contribution >= 4 is 23.6 Å². The molecule has 2 aliphatic rings. The molecule has 0 unspecified atom stereocenters. The van der Waals surface area contributed by atoms with Crippen molar-refractivity contribution in [1.29, 1.82) is 0 Å². The molecule has 6 heteroatoms. The Hall–Kier alpha value is -2.01. The van der Waals surface area contributed by atoms with E-state index < -0.39 is 12.0 Å². The lowest BCUT2D eigenvalue weighted by Crippen LogP contribution is -2.45. The fourth-order valence-corrected chi connectivity index (χ4v) is 3.85. The molecule has 0 aromatic heterocycles. The van der Waals surface area contributed by atoms with Gasteiger partial charge in [0.1, 0.15) is 6.10 Å². The van der Waals surface area contributed by atoms with Crippen LogP contribution in [-0.4, -0.2) is 18.1 Å². The highest BCUT2D eigenvalue weighted by Gasteiger charge is 2.34. The molecule has 1 aliphatic heterocycles. The number of halogens is 1. The number of rotatable bonds is 3. The van der Waals surface area contributed by atoms with Crippen molar-refractivity contribution in [1.82, 2.24) is 10.6 Å². The van der Waals surface area contributed by atoms with Crippen LogP contribution in [0.4, 0.5) is 4.79 Å². The SMILES string of the molecule is CC1=C(C(=O)O[C@@H]2CCC[C@H](C)C2)[C@@H](c2ccccc2Cl)NC(=O)N1. The fraction of sp³-hybridized carbons (Fsp3) is 0.474. The predicted octanol–water partition coefficient (Wildman–Crippen LogP) is 4.09. The summed E-state index contributed by atoms with van der Waals surface area (Å²) in [7, 11) is 0. The lowest BCUT2D eigenvalue weighted by atomic mass is 9.88. The number of carbonyl (C=O) groups is 2. The Morgan fingerprint density at radius 3 is 2.76 bits per heavy atom. The molecule has 1 aliphatic carbocycles. The molecule has 1 saturated carbocycles. The van der Waals surface area contributed by atoms with Crippen LogP contribution in [0.25, 0.3) is 0 Å². The van der Waals surface area contributed by atoms with Gasteiger partial charge < -0.3 is 15.4 Å². The molecule has 0 bridgehead atoms. The van der Waals surface area contributed by atoms with Gasteiger partial charge >= 0.3 is 12.0 Å². The van der Waals surface area contributed by atoms with Crippen LogP contribution in [0.15, 0.2) is 35.5 Å². The summed E-state index contributed by atoms with van der Waals surface area (Å²) < 4.78 is 5.77. The highest BCUT2D eigenvalue weighted by Crippen LogP contribution is 2.33. The van der Waals surface area contributed by atoms with Gasteiger partial charge in [0.25, 0.3) is 0 Å². The van der Waals surface area contributed by atoms with Gasteiger partial charge in [-0.3, -0.25) is 0 Å². The van der Waals surface area contributed by atoms with Crippen LogP contribution < -0.4 is 10.6 Å². The van der Waals surface area contributed by atoms with Gasteiger partial charge in [0, 0.05) is 10.7 Å². The molecule has 0 spiro atoms. The Bertz CT molecular complexity index is 716. The summed E-state index contributed by atoms with van der Waals surface area (Å²) >= 11 is 6.29. The molecule has 3 rings (SSSR count). The minimum absolute atomic E-state index is 0.0685. The third kappa shape index (κ3) is 3.98. The van der Waals surface area contributed by atoms with E-state index in [0.29, 0.717) is 27.8 Å². The molecule has 2 N–H and O–H groups in total. The highest BCUT2D eigenvalue weighted by molar-refractivity contribution is 6.31. The first-order valence-corrected chi connectivity index (χ1v) is 9.07. The molecule has 3 atom stereocenters. The second kappa shape index (κ2) is 7.48. The maximum atomic E-state index is 12.9. The zero-order valence-corrected chi connectivity index (χ0v) is 15.2. The van der Waals surface area contributed by atoms with E-state index in [-0.39, 0.29) is 12.1 Å². The zero-order chi connectivity index (χ0) is 18.0. The largest absolute Gasteiger partial charge is 0.459 e. The number of hydrogen-bond donors (Lipinski definition) is 2. The second-order valence-corrected chi connectivity index (χ2v) is 7.30. The molecule has 2 amide bonds. The molecule has 1 fully saturated rings. The summed E-state index contributed by atoms with van der Waals surface area (Å²) in [5.74, 6) is 0.166. The Morgan fingerprint density at radius 1 is 1.28 bits per heavy atom. The average molecular weight is 363 g/mol. The smallest absolute Gasteiger partial charge is 0.338 e. The topological polar surface area (TPSA) is 67.4 Å². The summed E-state index contributed by atoms with van der Waals surface area (Å²) in [4.78, 5) is 24.8. The number of hydrogen-bond acceptors (Lipinski definition) is 3. The lowest BCUT2D eigenvalue weighted by Gasteiger charge is -2.31. The van der Waals surface area contributed by atoms with E-state index in [4.69, 9.17) is 16.3 Å². The first-order chi connectivity index (χ1) is 12.0. The molecule has 25 heavy (non-hydrogen) atoms. The molecule has 1 aromatic carbocycles. The number of nitrogens with one attached hydrogen (secondary N) is 2. The lowest BCUT2D eigenvalue weighted by molar-refractivity contribution is -0.146. The summed E-state index contributed by atoms with van der Waals surface area (Å²) in [6.45, 7) is 3.89. The monoisotopic (exact) mass is 362 g/mol. The van der Waals surface area contributed by atoms with Crippen LogP contribution >= 0.6 is 11.6 Å².